The van der Waals surface area contributed by atoms with Gasteiger partial charge >= 0.3 is 0 Å². The summed E-state index contributed by atoms with van der Waals surface area (Å²) in [4.78, 5) is 17.0. The maximum atomic E-state index is 13.5. The van der Waals surface area contributed by atoms with Crippen LogP contribution in [0.5, 0.6) is 0 Å². The van der Waals surface area contributed by atoms with Gasteiger partial charge in [0, 0.05) is 38.8 Å². The third-order valence-corrected chi connectivity index (χ3v) is 7.66. The molecule has 0 saturated carbocycles. The van der Waals surface area contributed by atoms with Crippen LogP contribution < -0.4 is 5.32 Å². The lowest BCUT2D eigenvalue weighted by molar-refractivity contribution is -0.125. The van der Waals surface area contributed by atoms with Gasteiger partial charge in [-0.3, -0.25) is 4.79 Å². The summed E-state index contributed by atoms with van der Waals surface area (Å²) in [6.07, 6.45) is 2.78. The Balaban J connectivity index is 1.58. The van der Waals surface area contributed by atoms with Crippen molar-refractivity contribution < 1.29 is 22.0 Å². The third-order valence-electron chi connectivity index (χ3n) is 5.66. The fourth-order valence-electron chi connectivity index (χ4n) is 3.90. The number of hydrogen-bond acceptors (Lipinski definition) is 4. The summed E-state index contributed by atoms with van der Waals surface area (Å²) in [5.41, 5.74) is 1.25. The molecule has 2 atom stereocenters. The number of nitrogens with one attached hydrogen (secondary N) is 1. The molecular weight excluding hydrogens is 474 g/mol. The Kier molecular flexibility index (Phi) is 6.51. The molecule has 0 bridgehead atoms. The first-order valence-corrected chi connectivity index (χ1v) is 11.9. The Morgan fingerprint density at radius 3 is 2.55 bits per heavy atom. The summed E-state index contributed by atoms with van der Waals surface area (Å²) in [7, 11) is -2.26. The standard InChI is InChI=1S/C22H21ClF2N4O3S/c1-28-12-21(27-13-28)33(31,32)29-10-17(15-3-5-16(24)6-4-15)18(11-29)22(30)26-9-14-2-7-20(25)19(23)8-14/h2-8,12-13,17-18H,9-11H2,1H3,(H,26,30)/t17-,18+/m0/s1. The first-order valence-electron chi connectivity index (χ1n) is 10.1. The quantitative estimate of drug-likeness (QED) is 0.571. The van der Waals surface area contributed by atoms with Crippen molar-refractivity contribution in [1.82, 2.24) is 19.2 Å². The largest absolute Gasteiger partial charge is 0.352 e. The SMILES string of the molecule is Cn1cnc(S(=O)(=O)N2C[C@@H](C(=O)NCc3ccc(F)c(Cl)c3)[C@H](c3ccc(F)cc3)C2)c1. The van der Waals surface area contributed by atoms with E-state index < -0.39 is 33.5 Å². The van der Waals surface area contributed by atoms with E-state index in [9.17, 15) is 22.0 Å². The summed E-state index contributed by atoms with van der Waals surface area (Å²) in [6.45, 7) is 0.0838. The van der Waals surface area contributed by atoms with Gasteiger partial charge in [0.25, 0.3) is 10.0 Å². The van der Waals surface area contributed by atoms with Gasteiger partial charge in [0.15, 0.2) is 5.03 Å². The van der Waals surface area contributed by atoms with E-state index >= 15 is 0 Å². The molecule has 1 N–H and O–H groups in total. The van der Waals surface area contributed by atoms with E-state index in [-0.39, 0.29) is 35.6 Å². The van der Waals surface area contributed by atoms with Gasteiger partial charge in [0.1, 0.15) is 11.6 Å². The minimum atomic E-state index is -3.92. The predicted molar refractivity (Wildman–Crippen MR) is 118 cm³/mol. The lowest BCUT2D eigenvalue weighted by atomic mass is 9.88. The van der Waals surface area contributed by atoms with Crippen molar-refractivity contribution in [2.24, 2.45) is 13.0 Å². The Bertz CT molecular complexity index is 1280. The highest BCUT2D eigenvalue weighted by Crippen LogP contribution is 2.36. The molecule has 33 heavy (non-hydrogen) atoms. The number of carbonyl (C=O) groups excluding carboxylic acids is 1. The Labute approximate surface area is 195 Å². The third kappa shape index (κ3) is 4.92. The molecule has 1 aromatic heterocycles. The molecule has 11 heteroatoms. The number of carbonyl (C=O) groups is 1. The molecule has 1 amide bonds. The van der Waals surface area contributed by atoms with Crippen molar-refractivity contribution in [3.05, 3.63) is 82.8 Å². The van der Waals surface area contributed by atoms with Crippen molar-refractivity contribution in [2.75, 3.05) is 13.1 Å². The van der Waals surface area contributed by atoms with E-state index in [1.807, 2.05) is 0 Å². The highest BCUT2D eigenvalue weighted by molar-refractivity contribution is 7.89. The van der Waals surface area contributed by atoms with Gasteiger partial charge in [0.05, 0.1) is 17.3 Å². The van der Waals surface area contributed by atoms with Gasteiger partial charge < -0.3 is 9.88 Å². The van der Waals surface area contributed by atoms with E-state index in [2.05, 4.69) is 10.3 Å². The van der Waals surface area contributed by atoms with Gasteiger partial charge in [-0.2, -0.15) is 4.31 Å². The highest BCUT2D eigenvalue weighted by Gasteiger charge is 2.44. The molecular formula is C22H21ClF2N4O3S. The number of halogens is 3. The van der Waals surface area contributed by atoms with E-state index in [1.165, 1.54) is 51.7 Å². The first-order chi connectivity index (χ1) is 15.6. The van der Waals surface area contributed by atoms with Crippen molar-refractivity contribution in [3.63, 3.8) is 0 Å². The topological polar surface area (TPSA) is 84.3 Å². The second kappa shape index (κ2) is 9.20. The molecule has 7 nitrogen and oxygen atoms in total. The maximum absolute atomic E-state index is 13.5. The van der Waals surface area contributed by atoms with Crippen LogP contribution in [0.25, 0.3) is 0 Å². The number of sulfonamides is 1. The van der Waals surface area contributed by atoms with Gasteiger partial charge in [0.2, 0.25) is 5.91 Å². The van der Waals surface area contributed by atoms with Crippen molar-refractivity contribution in [2.45, 2.75) is 17.5 Å². The molecule has 0 radical (unpaired) electrons. The van der Waals surface area contributed by atoms with E-state index in [1.54, 1.807) is 19.2 Å². The van der Waals surface area contributed by atoms with Crippen LogP contribution in [0.15, 0.2) is 60.0 Å². The summed E-state index contributed by atoms with van der Waals surface area (Å²) in [5, 5.41) is 2.62. The molecule has 0 aliphatic carbocycles. The molecule has 0 unspecified atom stereocenters. The number of rotatable bonds is 6. The molecule has 1 saturated heterocycles. The predicted octanol–water partition coefficient (Wildman–Crippen LogP) is 3.07. The number of benzene rings is 2. The number of aryl methyl sites for hydroxylation is 1. The minimum Gasteiger partial charge on any atom is -0.352 e. The lowest BCUT2D eigenvalue weighted by Crippen LogP contribution is -2.35. The van der Waals surface area contributed by atoms with E-state index in [4.69, 9.17) is 11.6 Å². The molecule has 2 heterocycles. The summed E-state index contributed by atoms with van der Waals surface area (Å²) >= 11 is 5.80. The number of hydrogen-bond donors (Lipinski definition) is 1. The lowest BCUT2D eigenvalue weighted by Gasteiger charge is -2.18. The zero-order chi connectivity index (χ0) is 23.8. The molecule has 3 aromatic rings. The molecule has 1 fully saturated rings. The van der Waals surface area contributed by atoms with Crippen molar-refractivity contribution in [1.29, 1.82) is 0 Å². The van der Waals surface area contributed by atoms with Crippen LogP contribution in [0.1, 0.15) is 17.0 Å². The molecule has 2 aromatic carbocycles. The monoisotopic (exact) mass is 494 g/mol. The van der Waals surface area contributed by atoms with Crippen LogP contribution in [0.3, 0.4) is 0 Å². The second-order valence-corrected chi connectivity index (χ2v) is 10.2. The van der Waals surface area contributed by atoms with E-state index in [0.29, 0.717) is 11.1 Å². The van der Waals surface area contributed by atoms with Crippen molar-refractivity contribution >= 4 is 27.5 Å². The summed E-state index contributed by atoms with van der Waals surface area (Å²) < 4.78 is 55.8. The Morgan fingerprint density at radius 1 is 1.18 bits per heavy atom. The van der Waals surface area contributed by atoms with Gasteiger partial charge in [-0.05, 0) is 35.4 Å². The van der Waals surface area contributed by atoms with Crippen LogP contribution in [0.2, 0.25) is 5.02 Å². The molecule has 1 aliphatic rings. The summed E-state index contributed by atoms with van der Waals surface area (Å²) in [6, 6.07) is 9.80. The van der Waals surface area contributed by atoms with Gasteiger partial charge in [-0.1, -0.05) is 29.8 Å². The van der Waals surface area contributed by atoms with Crippen LogP contribution in [-0.2, 0) is 28.4 Å². The van der Waals surface area contributed by atoms with Crippen molar-refractivity contribution in [3.8, 4) is 0 Å². The van der Waals surface area contributed by atoms with E-state index in [0.717, 1.165) is 0 Å². The normalized spacial score (nSPS) is 19.0. The van der Waals surface area contributed by atoms with Crippen LogP contribution in [0.4, 0.5) is 8.78 Å². The molecule has 0 spiro atoms. The zero-order valence-corrected chi connectivity index (χ0v) is 19.2. The molecule has 4 rings (SSSR count). The number of amides is 1. The fourth-order valence-corrected chi connectivity index (χ4v) is 5.56. The maximum Gasteiger partial charge on any atom is 0.262 e. The average molecular weight is 495 g/mol. The smallest absolute Gasteiger partial charge is 0.262 e. The molecule has 174 valence electrons. The van der Waals surface area contributed by atoms with Crippen LogP contribution in [-0.4, -0.2) is 41.3 Å². The Morgan fingerprint density at radius 2 is 1.91 bits per heavy atom. The van der Waals surface area contributed by atoms with Gasteiger partial charge in [-0.25, -0.2) is 22.2 Å². The first kappa shape index (κ1) is 23.3. The minimum absolute atomic E-state index is 0.0466. The number of aromatic nitrogens is 2. The van der Waals surface area contributed by atoms with Gasteiger partial charge in [-0.15, -0.1) is 0 Å². The highest BCUT2D eigenvalue weighted by atomic mass is 35.5. The van der Waals surface area contributed by atoms with Crippen LogP contribution >= 0.6 is 11.6 Å². The Hall–Kier alpha value is -2.82. The number of nitrogens with zero attached hydrogens (tertiary/aromatic N) is 3. The zero-order valence-electron chi connectivity index (χ0n) is 17.6. The van der Waals surface area contributed by atoms with Crippen LogP contribution in [0, 0.1) is 17.6 Å². The average Bonchev–Trinajstić information content (AvgIpc) is 3.42. The number of imidazole rings is 1. The second-order valence-electron chi connectivity index (χ2n) is 7.93. The summed E-state index contributed by atoms with van der Waals surface area (Å²) in [5.74, 6) is -2.56. The molecule has 1 aliphatic heterocycles. The fraction of sp³-hybridized carbons (Fsp3) is 0.273.